The lowest BCUT2D eigenvalue weighted by molar-refractivity contribution is 0.0594. The molecular formula is C20H28N2O3S. The molecule has 1 aliphatic rings. The summed E-state index contributed by atoms with van der Waals surface area (Å²) in [6.07, 6.45) is 1.60. The smallest absolute Gasteiger partial charge is 0.241 e. The second kappa shape index (κ2) is 8.05. The maximum atomic E-state index is 12.7. The van der Waals surface area contributed by atoms with Gasteiger partial charge in [-0.05, 0) is 37.1 Å². The van der Waals surface area contributed by atoms with E-state index in [4.69, 9.17) is 0 Å². The number of hydrogen-bond donors (Lipinski definition) is 2. The van der Waals surface area contributed by atoms with Crippen molar-refractivity contribution < 1.29 is 13.5 Å². The van der Waals surface area contributed by atoms with Crippen LogP contribution in [0.25, 0.3) is 10.8 Å². The summed E-state index contributed by atoms with van der Waals surface area (Å²) < 4.78 is 28.0. The first-order valence-electron chi connectivity index (χ1n) is 9.26. The highest BCUT2D eigenvalue weighted by atomic mass is 32.2. The number of fused-ring (bicyclic) bond motifs is 1. The Hall–Kier alpha value is -1.47. The van der Waals surface area contributed by atoms with Crippen molar-refractivity contribution in [3.05, 3.63) is 42.5 Å². The van der Waals surface area contributed by atoms with E-state index in [2.05, 4.69) is 23.5 Å². The van der Waals surface area contributed by atoms with E-state index in [9.17, 15) is 13.5 Å². The quantitative estimate of drug-likeness (QED) is 0.813. The maximum Gasteiger partial charge on any atom is 0.241 e. The number of likely N-dealkylation sites (tertiary alicyclic amines) is 1. The third-order valence-corrected chi connectivity index (χ3v) is 6.72. The number of hydrogen-bond acceptors (Lipinski definition) is 4. The van der Waals surface area contributed by atoms with Gasteiger partial charge in [0.15, 0.2) is 0 Å². The van der Waals surface area contributed by atoms with Crippen LogP contribution >= 0.6 is 0 Å². The van der Waals surface area contributed by atoms with Crippen LogP contribution < -0.4 is 4.72 Å². The van der Waals surface area contributed by atoms with E-state index in [0.29, 0.717) is 23.9 Å². The van der Waals surface area contributed by atoms with Gasteiger partial charge in [0.1, 0.15) is 0 Å². The highest BCUT2D eigenvalue weighted by Gasteiger charge is 2.25. The number of β-amino-alcohol motifs (C(OH)–C–C–N with tert-alkyl or cyclic N) is 1. The van der Waals surface area contributed by atoms with Crippen molar-refractivity contribution in [2.45, 2.75) is 43.7 Å². The predicted octanol–water partition coefficient (Wildman–Crippen LogP) is 2.60. The molecule has 0 spiro atoms. The topological polar surface area (TPSA) is 69.6 Å². The fourth-order valence-corrected chi connectivity index (χ4v) is 4.98. The summed E-state index contributed by atoms with van der Waals surface area (Å²) in [6.45, 7) is 5.84. The van der Waals surface area contributed by atoms with E-state index in [-0.39, 0.29) is 11.4 Å². The number of aliphatic hydroxyl groups is 1. The Kier molecular flexibility index (Phi) is 5.97. The van der Waals surface area contributed by atoms with Gasteiger partial charge in [0, 0.05) is 31.1 Å². The Morgan fingerprint density at radius 3 is 2.69 bits per heavy atom. The Balaban J connectivity index is 1.66. The molecule has 1 aliphatic heterocycles. The molecule has 2 aromatic carbocycles. The van der Waals surface area contributed by atoms with Crippen molar-refractivity contribution in [1.29, 1.82) is 0 Å². The zero-order valence-corrected chi connectivity index (χ0v) is 16.2. The Labute approximate surface area is 156 Å². The third kappa shape index (κ3) is 4.43. The van der Waals surface area contributed by atoms with Gasteiger partial charge in [-0.25, -0.2) is 13.1 Å². The van der Waals surface area contributed by atoms with Crippen molar-refractivity contribution in [2.24, 2.45) is 5.92 Å². The molecule has 0 bridgehead atoms. The van der Waals surface area contributed by atoms with Crippen LogP contribution in [0.2, 0.25) is 0 Å². The van der Waals surface area contributed by atoms with Crippen LogP contribution in [0.15, 0.2) is 47.4 Å². The molecule has 0 saturated carbocycles. The number of nitrogens with zero attached hydrogens (tertiary/aromatic N) is 1. The van der Waals surface area contributed by atoms with E-state index in [0.717, 1.165) is 18.4 Å². The number of benzene rings is 2. The lowest BCUT2D eigenvalue weighted by Gasteiger charge is -2.37. The molecule has 1 saturated heterocycles. The third-order valence-electron chi connectivity index (χ3n) is 5.24. The van der Waals surface area contributed by atoms with Gasteiger partial charge in [0.2, 0.25) is 10.0 Å². The molecule has 0 aromatic heterocycles. The van der Waals surface area contributed by atoms with Crippen LogP contribution in [0.1, 0.15) is 26.7 Å². The monoisotopic (exact) mass is 376 g/mol. The van der Waals surface area contributed by atoms with Crippen molar-refractivity contribution >= 4 is 20.8 Å². The highest BCUT2D eigenvalue weighted by Crippen LogP contribution is 2.23. The lowest BCUT2D eigenvalue weighted by Crippen LogP contribution is -2.47. The zero-order valence-electron chi connectivity index (χ0n) is 15.4. The molecule has 3 atom stereocenters. The molecule has 0 aliphatic carbocycles. The summed E-state index contributed by atoms with van der Waals surface area (Å²) in [6, 6.07) is 13.1. The second-order valence-electron chi connectivity index (χ2n) is 7.47. The van der Waals surface area contributed by atoms with Crippen LogP contribution in [-0.2, 0) is 10.0 Å². The lowest BCUT2D eigenvalue weighted by atomic mass is 9.95. The average molecular weight is 377 g/mol. The summed E-state index contributed by atoms with van der Waals surface area (Å²) in [5.74, 6) is 0.616. The van der Waals surface area contributed by atoms with Gasteiger partial charge in [-0.1, -0.05) is 43.3 Å². The van der Waals surface area contributed by atoms with Gasteiger partial charge in [0.25, 0.3) is 0 Å². The fraction of sp³-hybridized carbons (Fsp3) is 0.500. The maximum absolute atomic E-state index is 12.7. The van der Waals surface area contributed by atoms with Crippen LogP contribution in [-0.4, -0.2) is 50.2 Å². The molecule has 26 heavy (non-hydrogen) atoms. The number of piperidine rings is 1. The molecule has 6 heteroatoms. The first kappa shape index (κ1) is 19.3. The van der Waals surface area contributed by atoms with Crippen LogP contribution in [0.4, 0.5) is 0 Å². The van der Waals surface area contributed by atoms with Crippen molar-refractivity contribution in [2.75, 3.05) is 19.6 Å². The fourth-order valence-electron chi connectivity index (χ4n) is 3.68. The van der Waals surface area contributed by atoms with Gasteiger partial charge < -0.3 is 5.11 Å². The molecule has 1 fully saturated rings. The number of aliphatic hydroxyl groups excluding tert-OH is 1. The average Bonchev–Trinajstić information content (AvgIpc) is 2.62. The van der Waals surface area contributed by atoms with E-state index in [1.54, 1.807) is 18.2 Å². The summed E-state index contributed by atoms with van der Waals surface area (Å²) in [5.41, 5.74) is 0. The Bertz CT molecular complexity index is 848. The number of rotatable bonds is 6. The molecular weight excluding hydrogens is 348 g/mol. The molecule has 2 aromatic rings. The molecule has 3 rings (SSSR count). The minimum Gasteiger partial charge on any atom is -0.390 e. The summed E-state index contributed by atoms with van der Waals surface area (Å²) in [5, 5.41) is 11.9. The van der Waals surface area contributed by atoms with E-state index in [1.165, 1.54) is 6.42 Å². The van der Waals surface area contributed by atoms with E-state index >= 15 is 0 Å². The summed E-state index contributed by atoms with van der Waals surface area (Å²) in [4.78, 5) is 2.51. The van der Waals surface area contributed by atoms with Crippen molar-refractivity contribution in [1.82, 2.24) is 9.62 Å². The normalized spacial score (nSPS) is 23.2. The molecule has 5 nitrogen and oxygen atoms in total. The Morgan fingerprint density at radius 2 is 1.88 bits per heavy atom. The van der Waals surface area contributed by atoms with Gasteiger partial charge in [-0.3, -0.25) is 4.90 Å². The van der Waals surface area contributed by atoms with Gasteiger partial charge >= 0.3 is 0 Å². The molecule has 0 radical (unpaired) electrons. The SMILES string of the molecule is CC1CCC(C)N(C[C@@H](O)CNS(=O)(=O)c2cccc3ccccc23)C1. The van der Waals surface area contributed by atoms with Crippen molar-refractivity contribution in [3.8, 4) is 0 Å². The largest absolute Gasteiger partial charge is 0.390 e. The van der Waals surface area contributed by atoms with Crippen LogP contribution in [0, 0.1) is 5.92 Å². The Morgan fingerprint density at radius 1 is 1.15 bits per heavy atom. The zero-order chi connectivity index (χ0) is 18.7. The molecule has 0 amide bonds. The predicted molar refractivity (Wildman–Crippen MR) is 105 cm³/mol. The number of sulfonamides is 1. The standard InChI is InChI=1S/C20H28N2O3S/c1-15-10-11-16(2)22(13-15)14-18(23)12-21-26(24,25)20-9-5-7-17-6-3-4-8-19(17)20/h3-9,15-16,18,21,23H,10-14H2,1-2H3/t15?,16?,18-/m0/s1. The second-order valence-corrected chi connectivity index (χ2v) is 9.20. The van der Waals surface area contributed by atoms with Crippen LogP contribution in [0.5, 0.6) is 0 Å². The minimum absolute atomic E-state index is 0.0170. The molecule has 142 valence electrons. The van der Waals surface area contributed by atoms with E-state index in [1.807, 2.05) is 24.3 Å². The molecule has 2 unspecified atom stereocenters. The first-order chi connectivity index (χ1) is 12.4. The first-order valence-corrected chi connectivity index (χ1v) is 10.7. The number of nitrogens with one attached hydrogen (secondary N) is 1. The molecule has 1 heterocycles. The van der Waals surface area contributed by atoms with Gasteiger partial charge in [-0.15, -0.1) is 0 Å². The highest BCUT2D eigenvalue weighted by molar-refractivity contribution is 7.89. The molecule has 2 N–H and O–H groups in total. The summed E-state index contributed by atoms with van der Waals surface area (Å²) in [7, 11) is -3.68. The van der Waals surface area contributed by atoms with Gasteiger partial charge in [0.05, 0.1) is 11.0 Å². The van der Waals surface area contributed by atoms with Crippen molar-refractivity contribution in [3.63, 3.8) is 0 Å². The summed E-state index contributed by atoms with van der Waals surface area (Å²) >= 11 is 0. The van der Waals surface area contributed by atoms with Gasteiger partial charge in [-0.2, -0.15) is 0 Å². The minimum atomic E-state index is -3.68. The van der Waals surface area contributed by atoms with E-state index < -0.39 is 16.1 Å². The van der Waals surface area contributed by atoms with Crippen LogP contribution in [0.3, 0.4) is 0 Å².